The van der Waals surface area contributed by atoms with E-state index in [4.69, 9.17) is 0 Å². The van der Waals surface area contributed by atoms with Crippen LogP contribution in [-0.4, -0.2) is 18.4 Å². The van der Waals surface area contributed by atoms with E-state index in [9.17, 15) is 18.4 Å². The van der Waals surface area contributed by atoms with Gasteiger partial charge >= 0.3 is 0 Å². The number of halogens is 2. The average Bonchev–Trinajstić information content (AvgIpc) is 2.57. The van der Waals surface area contributed by atoms with E-state index in [1.807, 2.05) is 24.3 Å². The second-order valence-corrected chi connectivity index (χ2v) is 6.34. The van der Waals surface area contributed by atoms with Gasteiger partial charge < -0.3 is 10.2 Å². The van der Waals surface area contributed by atoms with Crippen LogP contribution in [0.2, 0.25) is 0 Å². The molecule has 0 heterocycles. The lowest BCUT2D eigenvalue weighted by Crippen LogP contribution is -2.32. The molecule has 0 unspecified atom stereocenters. The van der Waals surface area contributed by atoms with Crippen molar-refractivity contribution in [1.82, 2.24) is 0 Å². The molecule has 6 heteroatoms. The minimum Gasteiger partial charge on any atom is -0.326 e. The smallest absolute Gasteiger partial charge is 0.226 e. The van der Waals surface area contributed by atoms with E-state index < -0.39 is 17.5 Å². The molecular formula is C20H22F2N2O2. The van der Waals surface area contributed by atoms with Crippen molar-refractivity contribution in [3.05, 3.63) is 59.7 Å². The number of anilines is 2. The number of hydrogen-bond acceptors (Lipinski definition) is 2. The highest BCUT2D eigenvalue weighted by atomic mass is 19.1. The predicted octanol–water partition coefficient (Wildman–Crippen LogP) is 4.47. The molecule has 0 aromatic heterocycles. The van der Waals surface area contributed by atoms with E-state index in [-0.39, 0.29) is 24.6 Å². The lowest BCUT2D eigenvalue weighted by Gasteiger charge is -2.21. The van der Waals surface area contributed by atoms with Gasteiger partial charge in [-0.05, 0) is 35.7 Å². The molecule has 1 N–H and O–H groups in total. The highest BCUT2D eigenvalue weighted by Crippen LogP contribution is 2.21. The van der Waals surface area contributed by atoms with E-state index in [1.54, 1.807) is 0 Å². The van der Waals surface area contributed by atoms with Gasteiger partial charge in [-0.25, -0.2) is 8.78 Å². The summed E-state index contributed by atoms with van der Waals surface area (Å²) in [4.78, 5) is 25.0. The Kier molecular flexibility index (Phi) is 6.44. The molecule has 2 amide bonds. The summed E-state index contributed by atoms with van der Waals surface area (Å²) in [6.07, 6.45) is -0.0116. The molecule has 0 atom stereocenters. The van der Waals surface area contributed by atoms with Gasteiger partial charge in [-0.15, -0.1) is 0 Å². The number of hydrogen-bond donors (Lipinski definition) is 1. The highest BCUT2D eigenvalue weighted by Gasteiger charge is 2.17. The summed E-state index contributed by atoms with van der Waals surface area (Å²) in [6, 6.07) is 10.5. The maximum Gasteiger partial charge on any atom is 0.226 e. The minimum atomic E-state index is -0.843. The molecule has 2 aromatic rings. The zero-order valence-electron chi connectivity index (χ0n) is 15.1. The first-order chi connectivity index (χ1) is 12.3. The van der Waals surface area contributed by atoms with Gasteiger partial charge in [0.15, 0.2) is 0 Å². The maximum atomic E-state index is 13.9. The van der Waals surface area contributed by atoms with Crippen LogP contribution in [0, 0.1) is 11.6 Å². The Labute approximate surface area is 151 Å². The van der Waals surface area contributed by atoms with Crippen LogP contribution >= 0.6 is 0 Å². The standard InChI is InChI=1S/C20H22F2N2O2/c1-13(2)15-4-7-17(8-5-15)23-20(26)10-11-24(14(3)25)19-9-6-16(21)12-18(19)22/h4-9,12-13H,10-11H2,1-3H3,(H,23,26). The Morgan fingerprint density at radius 1 is 1.08 bits per heavy atom. The normalized spacial score (nSPS) is 10.7. The maximum absolute atomic E-state index is 13.9. The Morgan fingerprint density at radius 3 is 2.27 bits per heavy atom. The van der Waals surface area contributed by atoms with Crippen molar-refractivity contribution in [2.24, 2.45) is 0 Å². The zero-order valence-corrected chi connectivity index (χ0v) is 15.1. The third kappa shape index (κ3) is 5.12. The fourth-order valence-corrected chi connectivity index (χ4v) is 2.54. The molecule has 0 saturated heterocycles. The van der Waals surface area contributed by atoms with Crippen molar-refractivity contribution < 1.29 is 18.4 Å². The van der Waals surface area contributed by atoms with Crippen LogP contribution < -0.4 is 10.2 Å². The molecular weight excluding hydrogens is 338 g/mol. The highest BCUT2D eigenvalue weighted by molar-refractivity contribution is 5.94. The number of rotatable bonds is 6. The van der Waals surface area contributed by atoms with Crippen molar-refractivity contribution in [1.29, 1.82) is 0 Å². The third-order valence-electron chi connectivity index (χ3n) is 4.00. The second kappa shape index (κ2) is 8.56. The van der Waals surface area contributed by atoms with Crippen LogP contribution in [0.15, 0.2) is 42.5 Å². The first-order valence-corrected chi connectivity index (χ1v) is 8.41. The Balaban J connectivity index is 2.00. The molecule has 2 aromatic carbocycles. The topological polar surface area (TPSA) is 49.4 Å². The largest absolute Gasteiger partial charge is 0.326 e. The van der Waals surface area contributed by atoms with Gasteiger partial charge in [0.2, 0.25) is 11.8 Å². The van der Waals surface area contributed by atoms with Gasteiger partial charge in [-0.2, -0.15) is 0 Å². The Hall–Kier alpha value is -2.76. The molecule has 0 radical (unpaired) electrons. The van der Waals surface area contributed by atoms with Crippen LogP contribution in [0.4, 0.5) is 20.2 Å². The minimum absolute atomic E-state index is 0.00615. The lowest BCUT2D eigenvalue weighted by molar-refractivity contribution is -0.117. The van der Waals surface area contributed by atoms with Crippen LogP contribution in [0.1, 0.15) is 38.7 Å². The molecule has 2 rings (SSSR count). The van der Waals surface area contributed by atoms with E-state index >= 15 is 0 Å². The number of amides is 2. The SMILES string of the molecule is CC(=O)N(CCC(=O)Nc1ccc(C(C)C)cc1)c1ccc(F)cc1F. The van der Waals surface area contributed by atoms with Crippen molar-refractivity contribution >= 4 is 23.2 Å². The summed E-state index contributed by atoms with van der Waals surface area (Å²) < 4.78 is 26.9. The lowest BCUT2D eigenvalue weighted by atomic mass is 10.0. The van der Waals surface area contributed by atoms with Crippen molar-refractivity contribution in [2.45, 2.75) is 33.1 Å². The van der Waals surface area contributed by atoms with E-state index in [1.165, 1.54) is 13.0 Å². The monoisotopic (exact) mass is 360 g/mol. The van der Waals surface area contributed by atoms with Crippen LogP contribution in [0.3, 0.4) is 0 Å². The summed E-state index contributed by atoms with van der Waals surface area (Å²) in [5, 5.41) is 2.75. The summed E-state index contributed by atoms with van der Waals surface area (Å²) in [5.41, 5.74) is 1.77. The van der Waals surface area contributed by atoms with Gasteiger partial charge in [0.25, 0.3) is 0 Å². The van der Waals surface area contributed by atoms with Crippen LogP contribution in [0.5, 0.6) is 0 Å². The van der Waals surface area contributed by atoms with E-state index in [2.05, 4.69) is 19.2 Å². The second-order valence-electron chi connectivity index (χ2n) is 6.34. The average molecular weight is 360 g/mol. The van der Waals surface area contributed by atoms with E-state index in [0.29, 0.717) is 17.7 Å². The fraction of sp³-hybridized carbons (Fsp3) is 0.300. The first-order valence-electron chi connectivity index (χ1n) is 8.41. The molecule has 0 aliphatic carbocycles. The fourth-order valence-electron chi connectivity index (χ4n) is 2.54. The predicted molar refractivity (Wildman–Crippen MR) is 98.2 cm³/mol. The van der Waals surface area contributed by atoms with Crippen molar-refractivity contribution in [3.8, 4) is 0 Å². The number of nitrogens with zero attached hydrogens (tertiary/aromatic N) is 1. The molecule has 0 spiro atoms. The van der Waals surface area contributed by atoms with Crippen molar-refractivity contribution in [3.63, 3.8) is 0 Å². The summed E-state index contributed by atoms with van der Waals surface area (Å²) in [6.45, 7) is 5.43. The first kappa shape index (κ1) is 19.6. The van der Waals surface area contributed by atoms with Crippen LogP contribution in [-0.2, 0) is 9.59 Å². The van der Waals surface area contributed by atoms with Crippen LogP contribution in [0.25, 0.3) is 0 Å². The Morgan fingerprint density at radius 2 is 1.73 bits per heavy atom. The molecule has 26 heavy (non-hydrogen) atoms. The number of carbonyl (C=O) groups is 2. The number of carbonyl (C=O) groups excluding carboxylic acids is 2. The molecule has 0 aliphatic rings. The molecule has 4 nitrogen and oxygen atoms in total. The molecule has 0 saturated carbocycles. The number of benzene rings is 2. The molecule has 0 bridgehead atoms. The quantitative estimate of drug-likeness (QED) is 0.826. The van der Waals surface area contributed by atoms with Gasteiger partial charge in [0, 0.05) is 31.6 Å². The van der Waals surface area contributed by atoms with Gasteiger partial charge in [0.05, 0.1) is 5.69 Å². The van der Waals surface area contributed by atoms with Gasteiger partial charge in [-0.1, -0.05) is 26.0 Å². The molecule has 0 aliphatic heterocycles. The molecule has 0 fully saturated rings. The number of nitrogens with one attached hydrogen (secondary N) is 1. The zero-order chi connectivity index (χ0) is 19.3. The van der Waals surface area contributed by atoms with Gasteiger partial charge in [-0.3, -0.25) is 9.59 Å². The third-order valence-corrected chi connectivity index (χ3v) is 4.00. The summed E-state index contributed by atoms with van der Waals surface area (Å²) in [5.74, 6) is -1.89. The van der Waals surface area contributed by atoms with Gasteiger partial charge in [0.1, 0.15) is 11.6 Å². The molecule has 138 valence electrons. The van der Waals surface area contributed by atoms with Crippen molar-refractivity contribution in [2.75, 3.05) is 16.8 Å². The summed E-state index contributed by atoms with van der Waals surface area (Å²) >= 11 is 0. The Bertz CT molecular complexity index is 789. The van der Waals surface area contributed by atoms with E-state index in [0.717, 1.165) is 16.5 Å². The summed E-state index contributed by atoms with van der Waals surface area (Å²) in [7, 11) is 0.